The lowest BCUT2D eigenvalue weighted by Gasteiger charge is -2.18. The largest absolute Gasteiger partial charge is 0.358 e. The van der Waals surface area contributed by atoms with Crippen molar-refractivity contribution >= 4 is 39.0 Å². The number of fused-ring (bicyclic) bond motifs is 3. The van der Waals surface area contributed by atoms with Gasteiger partial charge in [-0.1, -0.05) is 35.0 Å². The van der Waals surface area contributed by atoms with Gasteiger partial charge in [-0.2, -0.15) is 5.10 Å². The van der Waals surface area contributed by atoms with Crippen molar-refractivity contribution in [2.24, 2.45) is 11.0 Å². The zero-order chi connectivity index (χ0) is 18.1. The second kappa shape index (κ2) is 7.08. The van der Waals surface area contributed by atoms with Gasteiger partial charge in [0.2, 0.25) is 0 Å². The van der Waals surface area contributed by atoms with Gasteiger partial charge in [0.1, 0.15) is 0 Å². The molecule has 1 atom stereocenters. The Balaban J connectivity index is 1.53. The highest BCUT2D eigenvalue weighted by Gasteiger charge is 2.20. The number of carbonyl (C=O) groups is 1. The maximum Gasteiger partial charge on any atom is 0.271 e. The van der Waals surface area contributed by atoms with Crippen LogP contribution in [0.5, 0.6) is 0 Å². The van der Waals surface area contributed by atoms with E-state index in [1.807, 2.05) is 42.5 Å². The predicted octanol–water partition coefficient (Wildman–Crippen LogP) is 4.82. The van der Waals surface area contributed by atoms with Crippen LogP contribution in [0.4, 0.5) is 0 Å². The molecule has 3 aromatic rings. The Hall–Kier alpha value is -2.40. The summed E-state index contributed by atoms with van der Waals surface area (Å²) in [6.45, 7) is 2.29. The molecule has 2 N–H and O–H groups in total. The summed E-state index contributed by atoms with van der Waals surface area (Å²) in [4.78, 5) is 16.0. The van der Waals surface area contributed by atoms with E-state index in [4.69, 9.17) is 0 Å². The molecule has 1 aliphatic carbocycles. The molecule has 0 bridgehead atoms. The summed E-state index contributed by atoms with van der Waals surface area (Å²) >= 11 is 3.40. The van der Waals surface area contributed by atoms with Gasteiger partial charge in [-0.15, -0.1) is 0 Å². The average Bonchev–Trinajstić information content (AvgIpc) is 3.00. The summed E-state index contributed by atoms with van der Waals surface area (Å²) in [5, 5.41) is 5.23. The second-order valence-electron chi connectivity index (χ2n) is 6.94. The Morgan fingerprint density at radius 3 is 2.88 bits per heavy atom. The van der Waals surface area contributed by atoms with Gasteiger partial charge in [0.25, 0.3) is 5.91 Å². The van der Waals surface area contributed by atoms with E-state index in [0.717, 1.165) is 33.8 Å². The molecule has 1 aromatic heterocycles. The molecular weight excluding hydrogens is 390 g/mol. The maximum atomic E-state index is 12.4. The average molecular weight is 410 g/mol. The fourth-order valence-electron chi connectivity index (χ4n) is 3.51. The van der Waals surface area contributed by atoms with Crippen molar-refractivity contribution in [2.75, 3.05) is 0 Å². The van der Waals surface area contributed by atoms with Gasteiger partial charge in [0.15, 0.2) is 0 Å². The number of carbonyl (C=O) groups excluding carboxylic acids is 1. The Morgan fingerprint density at radius 1 is 1.27 bits per heavy atom. The molecule has 0 fully saturated rings. The summed E-state index contributed by atoms with van der Waals surface area (Å²) in [5.74, 6) is 0.494. The minimum absolute atomic E-state index is 0.195. The fourth-order valence-corrected chi connectivity index (χ4v) is 3.78. The van der Waals surface area contributed by atoms with Crippen LogP contribution < -0.4 is 5.43 Å². The van der Waals surface area contributed by atoms with Gasteiger partial charge in [-0.05, 0) is 66.6 Å². The van der Waals surface area contributed by atoms with Crippen molar-refractivity contribution in [1.29, 1.82) is 0 Å². The highest BCUT2D eigenvalue weighted by atomic mass is 79.9. The summed E-state index contributed by atoms with van der Waals surface area (Å²) in [6, 6.07) is 13.6. The minimum atomic E-state index is -0.195. The number of hydrogen-bond donors (Lipinski definition) is 2. The van der Waals surface area contributed by atoms with Crippen molar-refractivity contribution in [3.05, 3.63) is 69.3 Å². The number of benzene rings is 2. The van der Waals surface area contributed by atoms with Crippen LogP contribution in [0.15, 0.2) is 52.0 Å². The fraction of sp³-hybridized carbons (Fsp3) is 0.238. The van der Waals surface area contributed by atoms with Crippen LogP contribution in [0.1, 0.15) is 40.5 Å². The third kappa shape index (κ3) is 3.44. The minimum Gasteiger partial charge on any atom is -0.358 e. The van der Waals surface area contributed by atoms with Gasteiger partial charge in [0, 0.05) is 26.6 Å². The lowest BCUT2D eigenvalue weighted by molar-refractivity contribution is 0.0955. The molecular formula is C21H20BrN3O. The third-order valence-electron chi connectivity index (χ3n) is 4.95. The number of hydrogen-bond acceptors (Lipinski definition) is 2. The van der Waals surface area contributed by atoms with Crippen LogP contribution >= 0.6 is 15.9 Å². The predicted molar refractivity (Wildman–Crippen MR) is 109 cm³/mol. The van der Waals surface area contributed by atoms with Crippen molar-refractivity contribution in [2.45, 2.75) is 26.2 Å². The molecule has 132 valence electrons. The summed E-state index contributed by atoms with van der Waals surface area (Å²) in [5.41, 5.74) is 7.98. The van der Waals surface area contributed by atoms with Gasteiger partial charge in [0.05, 0.1) is 6.21 Å². The molecule has 1 heterocycles. The number of amides is 1. The number of nitrogens with zero attached hydrogens (tertiary/aromatic N) is 1. The quantitative estimate of drug-likeness (QED) is 0.472. The van der Waals surface area contributed by atoms with Crippen molar-refractivity contribution in [3.8, 4) is 0 Å². The first-order valence-electron chi connectivity index (χ1n) is 8.82. The van der Waals surface area contributed by atoms with Gasteiger partial charge in [-0.3, -0.25) is 4.79 Å². The third-order valence-corrected chi connectivity index (χ3v) is 5.47. The number of H-pyrrole nitrogens is 1. The van der Waals surface area contributed by atoms with E-state index in [0.29, 0.717) is 11.5 Å². The lowest BCUT2D eigenvalue weighted by atomic mass is 9.87. The number of nitrogens with one attached hydrogen (secondary N) is 2. The van der Waals surface area contributed by atoms with E-state index in [2.05, 4.69) is 38.4 Å². The molecule has 2 aromatic carbocycles. The van der Waals surface area contributed by atoms with Crippen LogP contribution in [-0.2, 0) is 12.8 Å². The van der Waals surface area contributed by atoms with Gasteiger partial charge >= 0.3 is 0 Å². The monoisotopic (exact) mass is 409 g/mol. The van der Waals surface area contributed by atoms with Gasteiger partial charge < -0.3 is 4.98 Å². The number of halogens is 1. The zero-order valence-corrected chi connectivity index (χ0v) is 16.1. The standard InChI is InChI=1S/C21H20BrN3O/c1-13-2-8-19-17(10-13)18-11-15(5-9-20(18)24-19)21(26)25-23-12-14-3-6-16(22)7-4-14/h3-7,9,11-13,24H,2,8,10H2,1H3,(H,25,26)/b23-12-. The van der Waals surface area contributed by atoms with Crippen LogP contribution in [-0.4, -0.2) is 17.1 Å². The zero-order valence-electron chi connectivity index (χ0n) is 14.6. The highest BCUT2D eigenvalue weighted by Crippen LogP contribution is 2.32. The molecule has 0 radical (unpaired) electrons. The smallest absolute Gasteiger partial charge is 0.271 e. The van der Waals surface area contributed by atoms with Crippen LogP contribution in [0.2, 0.25) is 0 Å². The Morgan fingerprint density at radius 2 is 2.08 bits per heavy atom. The first-order valence-corrected chi connectivity index (χ1v) is 9.62. The number of aromatic nitrogens is 1. The molecule has 0 saturated heterocycles. The first kappa shape index (κ1) is 17.0. The summed E-state index contributed by atoms with van der Waals surface area (Å²) < 4.78 is 1.01. The lowest BCUT2D eigenvalue weighted by Crippen LogP contribution is -2.17. The summed E-state index contributed by atoms with van der Waals surface area (Å²) in [7, 11) is 0. The molecule has 4 nitrogen and oxygen atoms in total. The second-order valence-corrected chi connectivity index (χ2v) is 7.86. The number of rotatable bonds is 3. The van der Waals surface area contributed by atoms with Crippen molar-refractivity contribution < 1.29 is 4.79 Å². The van der Waals surface area contributed by atoms with E-state index in [-0.39, 0.29) is 5.91 Å². The number of aryl methyl sites for hydroxylation is 1. The maximum absolute atomic E-state index is 12.4. The normalized spacial score (nSPS) is 16.8. The van der Waals surface area contributed by atoms with E-state index in [9.17, 15) is 4.79 Å². The van der Waals surface area contributed by atoms with E-state index in [1.54, 1.807) is 6.21 Å². The molecule has 1 aliphatic rings. The first-order chi connectivity index (χ1) is 12.6. The van der Waals surface area contributed by atoms with E-state index < -0.39 is 0 Å². The molecule has 5 heteroatoms. The molecule has 0 spiro atoms. The topological polar surface area (TPSA) is 57.2 Å². The van der Waals surface area contributed by atoms with Crippen LogP contribution in [0, 0.1) is 5.92 Å². The van der Waals surface area contributed by atoms with Crippen LogP contribution in [0.3, 0.4) is 0 Å². The van der Waals surface area contributed by atoms with E-state index in [1.165, 1.54) is 17.7 Å². The highest BCUT2D eigenvalue weighted by molar-refractivity contribution is 9.10. The SMILES string of the molecule is CC1CCc2[nH]c3ccc(C(=O)N/N=C\c4ccc(Br)cc4)cc3c2C1. The molecule has 4 rings (SSSR count). The van der Waals surface area contributed by atoms with Crippen molar-refractivity contribution in [3.63, 3.8) is 0 Å². The Kier molecular flexibility index (Phi) is 4.64. The van der Waals surface area contributed by atoms with Crippen LogP contribution in [0.25, 0.3) is 10.9 Å². The molecule has 0 saturated carbocycles. The van der Waals surface area contributed by atoms with Crippen molar-refractivity contribution in [1.82, 2.24) is 10.4 Å². The Bertz CT molecular complexity index is 988. The number of hydrazone groups is 1. The van der Waals surface area contributed by atoms with Gasteiger partial charge in [-0.25, -0.2) is 5.43 Å². The summed E-state index contributed by atoms with van der Waals surface area (Å²) in [6.07, 6.45) is 5.02. The Labute approximate surface area is 160 Å². The molecule has 1 unspecified atom stereocenters. The molecule has 0 aliphatic heterocycles. The molecule has 26 heavy (non-hydrogen) atoms. The van der Waals surface area contributed by atoms with E-state index >= 15 is 0 Å². The number of aromatic amines is 1. The molecule has 1 amide bonds.